The van der Waals surface area contributed by atoms with Gasteiger partial charge in [0.05, 0.1) is 11.9 Å². The summed E-state index contributed by atoms with van der Waals surface area (Å²) >= 11 is 6.20. The molecule has 1 aliphatic carbocycles. The van der Waals surface area contributed by atoms with E-state index in [1.165, 1.54) is 23.6 Å². The summed E-state index contributed by atoms with van der Waals surface area (Å²) in [5, 5.41) is 3.59. The molecule has 0 heterocycles. The third-order valence-corrected chi connectivity index (χ3v) is 6.78. The van der Waals surface area contributed by atoms with Crippen molar-refractivity contribution in [1.82, 2.24) is 5.32 Å². The van der Waals surface area contributed by atoms with Gasteiger partial charge in [-0.25, -0.2) is 8.42 Å². The van der Waals surface area contributed by atoms with Gasteiger partial charge in [-0.1, -0.05) is 56.7 Å². The second-order valence-corrected chi connectivity index (χ2v) is 9.73. The molecule has 1 fully saturated rings. The molecule has 1 aromatic carbocycles. The lowest BCUT2D eigenvalue weighted by atomic mass is 9.96. The van der Waals surface area contributed by atoms with E-state index < -0.39 is 16.1 Å². The Kier molecular flexibility index (Phi) is 7.98. The van der Waals surface area contributed by atoms with Gasteiger partial charge in [0.25, 0.3) is 0 Å². The van der Waals surface area contributed by atoms with Crippen LogP contribution in [0.15, 0.2) is 18.2 Å². The van der Waals surface area contributed by atoms with Crippen LogP contribution in [0.1, 0.15) is 63.9 Å². The fourth-order valence-electron chi connectivity index (χ4n) is 3.68. The summed E-state index contributed by atoms with van der Waals surface area (Å²) in [6.07, 6.45) is 9.28. The van der Waals surface area contributed by atoms with Crippen LogP contribution in [0.2, 0.25) is 5.02 Å². The van der Waals surface area contributed by atoms with Crippen molar-refractivity contribution in [2.45, 2.75) is 77.3 Å². The molecule has 1 unspecified atom stereocenters. The first-order valence-corrected chi connectivity index (χ1v) is 12.0. The van der Waals surface area contributed by atoms with E-state index in [1.807, 2.05) is 13.8 Å². The van der Waals surface area contributed by atoms with E-state index in [9.17, 15) is 13.2 Å². The van der Waals surface area contributed by atoms with Crippen molar-refractivity contribution >= 4 is 33.2 Å². The quantitative estimate of drug-likeness (QED) is 0.749. The molecule has 1 aromatic rings. The number of anilines is 1. The molecule has 0 aromatic heterocycles. The Hall–Kier alpha value is -1.27. The van der Waals surface area contributed by atoms with Crippen molar-refractivity contribution in [2.24, 2.45) is 0 Å². The second kappa shape index (κ2) is 9.78. The fraction of sp³-hybridized carbons (Fsp3) is 0.650. The molecule has 1 amide bonds. The molecule has 5 nitrogen and oxygen atoms in total. The molecule has 27 heavy (non-hydrogen) atoms. The number of benzene rings is 1. The van der Waals surface area contributed by atoms with Gasteiger partial charge in [-0.3, -0.25) is 9.10 Å². The molecule has 0 radical (unpaired) electrons. The molecular formula is C20H31ClN2O3S. The molecule has 0 aliphatic heterocycles. The van der Waals surface area contributed by atoms with Crippen LogP contribution in [0.25, 0.3) is 0 Å². The average Bonchev–Trinajstić information content (AvgIpc) is 2.56. The maximum absolute atomic E-state index is 13.0. The molecule has 1 saturated carbocycles. The Morgan fingerprint density at radius 1 is 1.22 bits per heavy atom. The largest absolute Gasteiger partial charge is 0.352 e. The van der Waals surface area contributed by atoms with Gasteiger partial charge in [0, 0.05) is 11.1 Å². The van der Waals surface area contributed by atoms with Gasteiger partial charge in [-0.2, -0.15) is 0 Å². The number of nitrogens with one attached hydrogen (secondary N) is 1. The average molecular weight is 415 g/mol. The summed E-state index contributed by atoms with van der Waals surface area (Å²) in [7, 11) is -3.64. The van der Waals surface area contributed by atoms with Gasteiger partial charge in [0.1, 0.15) is 6.04 Å². The van der Waals surface area contributed by atoms with E-state index in [1.54, 1.807) is 18.2 Å². The van der Waals surface area contributed by atoms with Crippen LogP contribution in [0, 0.1) is 6.92 Å². The van der Waals surface area contributed by atoms with E-state index in [0.29, 0.717) is 17.1 Å². The number of nitrogens with zero attached hydrogens (tertiary/aromatic N) is 1. The highest BCUT2D eigenvalue weighted by Crippen LogP contribution is 2.28. The first-order valence-electron chi connectivity index (χ1n) is 9.80. The van der Waals surface area contributed by atoms with Gasteiger partial charge in [0.2, 0.25) is 15.9 Å². The topological polar surface area (TPSA) is 66.5 Å². The highest BCUT2D eigenvalue weighted by molar-refractivity contribution is 7.92. The minimum atomic E-state index is -3.64. The Labute approximate surface area is 168 Å². The molecule has 1 aliphatic rings. The fourth-order valence-corrected chi connectivity index (χ4v) is 5.06. The first kappa shape index (κ1) is 22.0. The van der Waals surface area contributed by atoms with Crippen LogP contribution in [0.5, 0.6) is 0 Å². The van der Waals surface area contributed by atoms with Gasteiger partial charge >= 0.3 is 0 Å². The highest BCUT2D eigenvalue weighted by atomic mass is 35.5. The SMILES string of the molecule is CCC(C(=O)NC1CCCCCCC1)N(c1ccc(C)c(Cl)c1)S(C)(=O)=O. The predicted molar refractivity (Wildman–Crippen MR) is 112 cm³/mol. The van der Waals surface area contributed by atoms with Gasteiger partial charge in [-0.05, 0) is 43.9 Å². The Balaban J connectivity index is 2.25. The van der Waals surface area contributed by atoms with Crippen molar-refractivity contribution in [3.63, 3.8) is 0 Å². The number of carbonyl (C=O) groups excluding carboxylic acids is 1. The van der Waals surface area contributed by atoms with Crippen molar-refractivity contribution in [3.8, 4) is 0 Å². The van der Waals surface area contributed by atoms with Crippen LogP contribution in [-0.2, 0) is 14.8 Å². The lowest BCUT2D eigenvalue weighted by molar-refractivity contribution is -0.123. The Morgan fingerprint density at radius 3 is 2.33 bits per heavy atom. The maximum atomic E-state index is 13.0. The van der Waals surface area contributed by atoms with E-state index in [4.69, 9.17) is 11.6 Å². The molecular weight excluding hydrogens is 384 g/mol. The van der Waals surface area contributed by atoms with Crippen molar-refractivity contribution in [2.75, 3.05) is 10.6 Å². The Morgan fingerprint density at radius 2 is 1.81 bits per heavy atom. The van der Waals surface area contributed by atoms with Crippen molar-refractivity contribution in [3.05, 3.63) is 28.8 Å². The lowest BCUT2D eigenvalue weighted by Gasteiger charge is -2.32. The van der Waals surface area contributed by atoms with Crippen LogP contribution >= 0.6 is 11.6 Å². The van der Waals surface area contributed by atoms with E-state index in [-0.39, 0.29) is 11.9 Å². The number of hydrogen-bond donors (Lipinski definition) is 1. The highest BCUT2D eigenvalue weighted by Gasteiger charge is 2.32. The van der Waals surface area contributed by atoms with Crippen molar-refractivity contribution < 1.29 is 13.2 Å². The molecule has 7 heteroatoms. The van der Waals surface area contributed by atoms with Gasteiger partial charge in [0.15, 0.2) is 0 Å². The van der Waals surface area contributed by atoms with E-state index in [0.717, 1.165) is 37.5 Å². The molecule has 152 valence electrons. The summed E-state index contributed by atoms with van der Waals surface area (Å²) < 4.78 is 26.3. The number of sulfonamides is 1. The predicted octanol–water partition coefficient (Wildman–Crippen LogP) is 4.42. The summed E-state index contributed by atoms with van der Waals surface area (Å²) in [5.74, 6) is -0.231. The van der Waals surface area contributed by atoms with Crippen molar-refractivity contribution in [1.29, 1.82) is 0 Å². The Bertz CT molecular complexity index is 744. The molecule has 1 N–H and O–H groups in total. The minimum absolute atomic E-state index is 0.120. The number of amides is 1. The lowest BCUT2D eigenvalue weighted by Crippen LogP contribution is -2.51. The third-order valence-electron chi connectivity index (χ3n) is 5.19. The number of aryl methyl sites for hydroxylation is 1. The summed E-state index contributed by atoms with van der Waals surface area (Å²) in [6, 6.07) is 4.42. The summed E-state index contributed by atoms with van der Waals surface area (Å²) in [6.45, 7) is 3.69. The van der Waals surface area contributed by atoms with Crippen LogP contribution in [0.3, 0.4) is 0 Å². The molecule has 1 atom stereocenters. The zero-order valence-electron chi connectivity index (χ0n) is 16.5. The summed E-state index contributed by atoms with van der Waals surface area (Å²) in [5.41, 5.74) is 1.29. The normalized spacial score (nSPS) is 17.6. The van der Waals surface area contributed by atoms with Gasteiger partial charge in [-0.15, -0.1) is 0 Å². The minimum Gasteiger partial charge on any atom is -0.352 e. The van der Waals surface area contributed by atoms with Crippen LogP contribution in [-0.4, -0.2) is 32.7 Å². The second-order valence-electron chi connectivity index (χ2n) is 7.47. The summed E-state index contributed by atoms with van der Waals surface area (Å²) in [4.78, 5) is 13.0. The number of hydrogen-bond acceptors (Lipinski definition) is 3. The van der Waals surface area contributed by atoms with Crippen LogP contribution < -0.4 is 9.62 Å². The van der Waals surface area contributed by atoms with Gasteiger partial charge < -0.3 is 5.32 Å². The standard InChI is InChI=1S/C20H31ClN2O3S/c1-4-19(20(24)22-16-10-8-6-5-7-9-11-16)23(27(3,25)26)17-13-12-15(2)18(21)14-17/h12-14,16,19H,4-11H2,1-3H3,(H,22,24). The van der Waals surface area contributed by atoms with E-state index >= 15 is 0 Å². The molecule has 0 spiro atoms. The zero-order valence-corrected chi connectivity index (χ0v) is 18.1. The van der Waals surface area contributed by atoms with E-state index in [2.05, 4.69) is 5.32 Å². The molecule has 2 rings (SSSR count). The zero-order chi connectivity index (χ0) is 20.0. The van der Waals surface area contributed by atoms with Crippen LogP contribution in [0.4, 0.5) is 5.69 Å². The number of carbonyl (C=O) groups is 1. The molecule has 0 bridgehead atoms. The first-order chi connectivity index (χ1) is 12.7. The monoisotopic (exact) mass is 414 g/mol. The maximum Gasteiger partial charge on any atom is 0.244 e. The number of rotatable bonds is 6. The smallest absolute Gasteiger partial charge is 0.244 e. The third kappa shape index (κ3) is 6.11. The number of halogens is 1. The molecule has 0 saturated heterocycles.